The summed E-state index contributed by atoms with van der Waals surface area (Å²) < 4.78 is 12.2. The summed E-state index contributed by atoms with van der Waals surface area (Å²) in [5, 5.41) is 3.36. The smallest absolute Gasteiger partial charge is 0.139 e. The minimum absolute atomic E-state index is 0.556. The van der Waals surface area contributed by atoms with E-state index in [4.69, 9.17) is 9.47 Å². The molecule has 0 saturated heterocycles. The van der Waals surface area contributed by atoms with Crippen LogP contribution in [0.25, 0.3) is 11.1 Å². The summed E-state index contributed by atoms with van der Waals surface area (Å²) in [6.45, 7) is 21.0. The quantitative estimate of drug-likeness (QED) is 0.535. The lowest BCUT2D eigenvalue weighted by molar-refractivity contribution is 0.254. The van der Waals surface area contributed by atoms with Crippen LogP contribution in [0.5, 0.6) is 11.5 Å². The molecule has 160 valence electrons. The van der Waals surface area contributed by atoms with Crippen molar-refractivity contribution in [2.75, 3.05) is 13.3 Å². The van der Waals surface area contributed by atoms with Crippen LogP contribution in [-0.2, 0) is 25.8 Å². The van der Waals surface area contributed by atoms with Gasteiger partial charge in [0.1, 0.15) is 18.2 Å². The summed E-state index contributed by atoms with van der Waals surface area (Å²) in [6.07, 6.45) is 6.47. The van der Waals surface area contributed by atoms with Crippen LogP contribution in [-0.4, -0.2) is 13.3 Å². The van der Waals surface area contributed by atoms with E-state index in [0.29, 0.717) is 13.3 Å². The zero-order chi connectivity index (χ0) is 21.8. The lowest BCUT2D eigenvalue weighted by Gasteiger charge is -2.29. The highest BCUT2D eigenvalue weighted by Crippen LogP contribution is 2.44. The molecule has 0 aliphatic carbocycles. The zero-order valence-electron chi connectivity index (χ0n) is 19.2. The number of hydrogen-bond acceptors (Lipinski definition) is 3. The molecule has 3 nitrogen and oxygen atoms in total. The highest BCUT2D eigenvalue weighted by molar-refractivity contribution is 5.81. The van der Waals surface area contributed by atoms with Gasteiger partial charge in [0.25, 0.3) is 0 Å². The average molecular weight is 406 g/mol. The minimum atomic E-state index is 0.556. The first-order valence-corrected chi connectivity index (χ1v) is 11.0. The van der Waals surface area contributed by atoms with Gasteiger partial charge in [0.15, 0.2) is 0 Å². The first-order chi connectivity index (χ1) is 14.5. The van der Waals surface area contributed by atoms with Crippen molar-refractivity contribution in [3.8, 4) is 22.6 Å². The van der Waals surface area contributed by atoms with Gasteiger partial charge in [-0.05, 0) is 92.0 Å². The van der Waals surface area contributed by atoms with Crippen LogP contribution >= 0.6 is 0 Å². The lowest BCUT2D eigenvalue weighted by Crippen LogP contribution is -2.27. The summed E-state index contributed by atoms with van der Waals surface area (Å²) in [5.41, 5.74) is 11.5. The molecular formula is C27H35NO2. The lowest BCUT2D eigenvalue weighted by atomic mass is 9.82. The van der Waals surface area contributed by atoms with E-state index in [9.17, 15) is 0 Å². The SMILES string of the molecule is C=CCc1cc(-c2c(C)c(CC=C)c3c(c2C)CNCO3)c(C)c(CC)c1OCC. The summed E-state index contributed by atoms with van der Waals surface area (Å²) in [7, 11) is 0. The van der Waals surface area contributed by atoms with Gasteiger partial charge < -0.3 is 9.47 Å². The van der Waals surface area contributed by atoms with E-state index >= 15 is 0 Å². The minimum Gasteiger partial charge on any atom is -0.493 e. The number of benzene rings is 2. The Bertz CT molecular complexity index is 972. The fourth-order valence-electron chi connectivity index (χ4n) is 4.78. The van der Waals surface area contributed by atoms with Gasteiger partial charge in [-0.15, -0.1) is 13.2 Å². The maximum absolute atomic E-state index is 6.11. The van der Waals surface area contributed by atoms with Crippen molar-refractivity contribution in [3.63, 3.8) is 0 Å². The van der Waals surface area contributed by atoms with Crippen molar-refractivity contribution in [1.29, 1.82) is 0 Å². The van der Waals surface area contributed by atoms with Gasteiger partial charge in [0.2, 0.25) is 0 Å². The molecule has 0 aromatic heterocycles. The molecule has 2 aromatic carbocycles. The topological polar surface area (TPSA) is 30.5 Å². The number of rotatable bonds is 8. The fourth-order valence-corrected chi connectivity index (χ4v) is 4.78. The van der Waals surface area contributed by atoms with Crippen molar-refractivity contribution in [3.05, 3.63) is 70.3 Å². The highest BCUT2D eigenvalue weighted by Gasteiger charge is 2.25. The molecule has 1 heterocycles. The summed E-state index contributed by atoms with van der Waals surface area (Å²) in [5.74, 6) is 2.07. The Morgan fingerprint density at radius 2 is 1.77 bits per heavy atom. The molecule has 3 heteroatoms. The van der Waals surface area contributed by atoms with Crippen LogP contribution in [0.4, 0.5) is 0 Å². The number of hydrogen-bond donors (Lipinski definition) is 1. The van der Waals surface area contributed by atoms with Crippen LogP contribution in [0, 0.1) is 20.8 Å². The second kappa shape index (κ2) is 9.53. The summed E-state index contributed by atoms with van der Waals surface area (Å²) in [4.78, 5) is 0. The molecule has 2 aromatic rings. The Morgan fingerprint density at radius 3 is 2.40 bits per heavy atom. The van der Waals surface area contributed by atoms with Crippen molar-refractivity contribution in [2.45, 2.75) is 60.4 Å². The van der Waals surface area contributed by atoms with Crippen molar-refractivity contribution in [1.82, 2.24) is 5.32 Å². The van der Waals surface area contributed by atoms with Crippen LogP contribution in [0.3, 0.4) is 0 Å². The molecule has 30 heavy (non-hydrogen) atoms. The molecule has 1 aliphatic heterocycles. The van der Waals surface area contributed by atoms with E-state index in [0.717, 1.165) is 37.3 Å². The number of allylic oxidation sites excluding steroid dienone is 2. The Balaban J connectivity index is 2.37. The van der Waals surface area contributed by atoms with Crippen molar-refractivity contribution in [2.24, 2.45) is 0 Å². The normalized spacial score (nSPS) is 12.8. The van der Waals surface area contributed by atoms with Gasteiger partial charge in [-0.25, -0.2) is 0 Å². The zero-order valence-corrected chi connectivity index (χ0v) is 19.2. The summed E-state index contributed by atoms with van der Waals surface area (Å²) in [6, 6.07) is 2.32. The van der Waals surface area contributed by atoms with Crippen LogP contribution in [0.1, 0.15) is 52.8 Å². The average Bonchev–Trinajstić information content (AvgIpc) is 2.74. The Labute approximate surface area is 181 Å². The van der Waals surface area contributed by atoms with Crippen LogP contribution in [0.15, 0.2) is 31.4 Å². The largest absolute Gasteiger partial charge is 0.493 e. The second-order valence-corrected chi connectivity index (χ2v) is 7.91. The molecule has 0 saturated carbocycles. The molecule has 3 rings (SSSR count). The summed E-state index contributed by atoms with van der Waals surface area (Å²) >= 11 is 0. The predicted molar refractivity (Wildman–Crippen MR) is 127 cm³/mol. The van der Waals surface area contributed by atoms with Gasteiger partial charge >= 0.3 is 0 Å². The maximum Gasteiger partial charge on any atom is 0.139 e. The van der Waals surface area contributed by atoms with Gasteiger partial charge in [-0.1, -0.05) is 19.1 Å². The molecule has 0 spiro atoms. The monoisotopic (exact) mass is 405 g/mol. The molecule has 1 N–H and O–H groups in total. The van der Waals surface area contributed by atoms with E-state index < -0.39 is 0 Å². The Kier molecular flexibility index (Phi) is 7.04. The van der Waals surface area contributed by atoms with Gasteiger partial charge in [-0.3, -0.25) is 5.32 Å². The van der Waals surface area contributed by atoms with Gasteiger partial charge in [0.05, 0.1) is 6.61 Å². The third kappa shape index (κ3) is 3.79. The van der Waals surface area contributed by atoms with Crippen molar-refractivity contribution < 1.29 is 9.47 Å². The highest BCUT2D eigenvalue weighted by atomic mass is 16.5. The Hall–Kier alpha value is -2.52. The van der Waals surface area contributed by atoms with Crippen LogP contribution in [0.2, 0.25) is 0 Å². The molecule has 0 bridgehead atoms. The van der Waals surface area contributed by atoms with Gasteiger partial charge in [0, 0.05) is 17.7 Å². The van der Waals surface area contributed by atoms with Gasteiger partial charge in [-0.2, -0.15) is 0 Å². The molecule has 0 unspecified atom stereocenters. The molecule has 1 aliphatic rings. The number of nitrogens with one attached hydrogen (secondary N) is 1. The number of ether oxygens (including phenoxy) is 2. The van der Waals surface area contributed by atoms with E-state index in [-0.39, 0.29) is 0 Å². The predicted octanol–water partition coefficient (Wildman–Crippen LogP) is 6.14. The maximum atomic E-state index is 6.11. The van der Waals surface area contributed by atoms with Crippen molar-refractivity contribution >= 4 is 0 Å². The molecule has 0 fully saturated rings. The standard InChI is InChI=1S/C27H35NO2/c1-8-12-20-14-23(17(5)21(10-3)26(20)29-11-4)25-18(6)22(13-9-2)27-24(19(25)7)15-28-16-30-27/h8-9,14,28H,1-2,10-13,15-16H2,3-7H3. The van der Waals surface area contributed by atoms with E-state index in [1.54, 1.807) is 0 Å². The van der Waals surface area contributed by atoms with E-state index in [1.165, 1.54) is 50.1 Å². The third-order valence-electron chi connectivity index (χ3n) is 6.19. The van der Waals surface area contributed by atoms with E-state index in [1.807, 2.05) is 19.1 Å². The molecular weight excluding hydrogens is 370 g/mol. The number of fused-ring (bicyclic) bond motifs is 1. The molecule has 0 radical (unpaired) electrons. The third-order valence-corrected chi connectivity index (χ3v) is 6.19. The molecule has 0 amide bonds. The first kappa shape index (κ1) is 22.2. The van der Waals surface area contributed by atoms with E-state index in [2.05, 4.69) is 52.2 Å². The fraction of sp³-hybridized carbons (Fsp3) is 0.407. The molecule has 0 atom stereocenters. The Morgan fingerprint density at radius 1 is 1.03 bits per heavy atom. The first-order valence-electron chi connectivity index (χ1n) is 11.0. The van der Waals surface area contributed by atoms with Crippen LogP contribution < -0.4 is 14.8 Å². The second-order valence-electron chi connectivity index (χ2n) is 7.91.